The summed E-state index contributed by atoms with van der Waals surface area (Å²) in [6.07, 6.45) is 1.51. The Morgan fingerprint density at radius 3 is 2.82 bits per heavy atom. The van der Waals surface area contributed by atoms with E-state index in [1.54, 1.807) is 23.1 Å². The first kappa shape index (κ1) is 14.5. The molecule has 0 spiro atoms. The van der Waals surface area contributed by atoms with Crippen LogP contribution >= 0.6 is 0 Å². The lowest BCUT2D eigenvalue weighted by atomic mass is 10.0. The maximum atomic E-state index is 13.5. The van der Waals surface area contributed by atoms with Crippen LogP contribution in [0.1, 0.15) is 12.0 Å². The first-order valence-electron chi connectivity index (χ1n) is 7.11. The first-order valence-corrected chi connectivity index (χ1v) is 7.11. The van der Waals surface area contributed by atoms with Crippen LogP contribution in [-0.2, 0) is 11.2 Å². The molecule has 0 aromatic heterocycles. The number of rotatable bonds is 3. The molecule has 1 aliphatic heterocycles. The fraction of sp³-hybridized carbons (Fsp3) is 0.235. The van der Waals surface area contributed by atoms with Crippen molar-refractivity contribution in [2.75, 3.05) is 18.1 Å². The number of hydrogen-bond donors (Lipinski definition) is 0. The van der Waals surface area contributed by atoms with Crippen LogP contribution < -0.4 is 9.64 Å². The molecule has 2 aromatic carbocycles. The summed E-state index contributed by atoms with van der Waals surface area (Å²) in [6.45, 7) is 0.301. The number of benzene rings is 2. The van der Waals surface area contributed by atoms with Crippen LogP contribution in [0.5, 0.6) is 5.75 Å². The van der Waals surface area contributed by atoms with E-state index >= 15 is 0 Å². The van der Waals surface area contributed by atoms with Gasteiger partial charge in [0.05, 0.1) is 0 Å². The minimum Gasteiger partial charge on any atom is -0.481 e. The number of para-hydroxylation sites is 1. The van der Waals surface area contributed by atoms with Crippen LogP contribution in [0.4, 0.5) is 14.5 Å². The van der Waals surface area contributed by atoms with E-state index in [9.17, 15) is 13.6 Å². The van der Waals surface area contributed by atoms with Crippen molar-refractivity contribution < 1.29 is 18.3 Å². The van der Waals surface area contributed by atoms with Crippen molar-refractivity contribution in [1.29, 1.82) is 0 Å². The highest BCUT2D eigenvalue weighted by Crippen LogP contribution is 2.28. The van der Waals surface area contributed by atoms with Crippen molar-refractivity contribution in [3.63, 3.8) is 0 Å². The van der Waals surface area contributed by atoms with Crippen LogP contribution in [0, 0.1) is 11.6 Å². The van der Waals surface area contributed by atoms with E-state index in [0.717, 1.165) is 18.4 Å². The lowest BCUT2D eigenvalue weighted by Gasteiger charge is -2.29. The molecule has 0 bridgehead atoms. The summed E-state index contributed by atoms with van der Waals surface area (Å²) in [4.78, 5) is 13.9. The van der Waals surface area contributed by atoms with Gasteiger partial charge in [0.2, 0.25) is 0 Å². The average molecular weight is 303 g/mol. The molecule has 1 amide bonds. The number of halogens is 2. The average Bonchev–Trinajstić information content (AvgIpc) is 2.53. The fourth-order valence-electron chi connectivity index (χ4n) is 2.60. The smallest absolute Gasteiger partial charge is 0.264 e. The second kappa shape index (κ2) is 6.13. The second-order valence-electron chi connectivity index (χ2n) is 5.14. The van der Waals surface area contributed by atoms with Crippen molar-refractivity contribution >= 4 is 11.6 Å². The molecule has 114 valence electrons. The Morgan fingerprint density at radius 2 is 2.00 bits per heavy atom. The number of amides is 1. The summed E-state index contributed by atoms with van der Waals surface area (Å²) in [5, 5.41) is 0. The summed E-state index contributed by atoms with van der Waals surface area (Å²) in [7, 11) is 0. The standard InChI is InChI=1S/C17H15F2NO2/c18-13-7-8-15-12(10-13)4-3-9-20(15)17(21)11-22-16-6-2-1-5-14(16)19/h1-2,5-8,10H,3-4,9,11H2. The summed E-state index contributed by atoms with van der Waals surface area (Å²) >= 11 is 0. The second-order valence-corrected chi connectivity index (χ2v) is 5.14. The molecular weight excluding hydrogens is 288 g/mol. The monoisotopic (exact) mass is 303 g/mol. The predicted molar refractivity (Wildman–Crippen MR) is 79.0 cm³/mol. The normalized spacial score (nSPS) is 13.6. The maximum absolute atomic E-state index is 13.5. The lowest BCUT2D eigenvalue weighted by Crippen LogP contribution is -2.38. The number of anilines is 1. The summed E-state index contributed by atoms with van der Waals surface area (Å²) < 4.78 is 32.0. The largest absolute Gasteiger partial charge is 0.481 e. The molecule has 0 aliphatic carbocycles. The van der Waals surface area contributed by atoms with Crippen LogP contribution in [0.3, 0.4) is 0 Å². The molecule has 1 aliphatic rings. The molecular formula is C17H15F2NO2. The van der Waals surface area contributed by atoms with E-state index in [0.29, 0.717) is 12.2 Å². The first-order chi connectivity index (χ1) is 10.6. The number of carbonyl (C=O) groups is 1. The summed E-state index contributed by atoms with van der Waals surface area (Å²) in [6, 6.07) is 10.3. The highest BCUT2D eigenvalue weighted by molar-refractivity contribution is 5.95. The maximum Gasteiger partial charge on any atom is 0.264 e. The zero-order valence-corrected chi connectivity index (χ0v) is 11.9. The van der Waals surface area contributed by atoms with Crippen LogP contribution in [0.2, 0.25) is 0 Å². The third-order valence-electron chi connectivity index (χ3n) is 3.65. The van der Waals surface area contributed by atoms with Crippen molar-refractivity contribution in [2.45, 2.75) is 12.8 Å². The van der Waals surface area contributed by atoms with Gasteiger partial charge in [0.25, 0.3) is 5.91 Å². The molecule has 0 fully saturated rings. The third-order valence-corrected chi connectivity index (χ3v) is 3.65. The Balaban J connectivity index is 1.73. The number of fused-ring (bicyclic) bond motifs is 1. The highest BCUT2D eigenvalue weighted by Gasteiger charge is 2.23. The van der Waals surface area contributed by atoms with Crippen LogP contribution in [-0.4, -0.2) is 19.1 Å². The zero-order valence-electron chi connectivity index (χ0n) is 11.9. The van der Waals surface area contributed by atoms with E-state index in [-0.39, 0.29) is 24.1 Å². The van der Waals surface area contributed by atoms with E-state index in [1.807, 2.05) is 0 Å². The number of carbonyl (C=O) groups excluding carboxylic acids is 1. The highest BCUT2D eigenvalue weighted by atomic mass is 19.1. The van der Waals surface area contributed by atoms with Gasteiger partial charge >= 0.3 is 0 Å². The zero-order chi connectivity index (χ0) is 15.5. The SMILES string of the molecule is O=C(COc1ccccc1F)N1CCCc2cc(F)ccc21. The molecule has 0 unspecified atom stereocenters. The molecule has 0 saturated carbocycles. The van der Waals surface area contributed by atoms with Crippen molar-refractivity contribution in [2.24, 2.45) is 0 Å². The fourth-order valence-corrected chi connectivity index (χ4v) is 2.60. The lowest BCUT2D eigenvalue weighted by molar-refractivity contribution is -0.120. The van der Waals surface area contributed by atoms with E-state index in [4.69, 9.17) is 4.74 Å². The van der Waals surface area contributed by atoms with Gasteiger partial charge in [0.1, 0.15) is 5.82 Å². The van der Waals surface area contributed by atoms with Crippen molar-refractivity contribution in [3.8, 4) is 5.75 Å². The number of aryl methyl sites for hydroxylation is 1. The van der Waals surface area contributed by atoms with Gasteiger partial charge in [-0.05, 0) is 48.7 Å². The number of hydrogen-bond acceptors (Lipinski definition) is 2. The molecule has 0 saturated heterocycles. The molecule has 2 aromatic rings. The number of ether oxygens (including phenoxy) is 1. The van der Waals surface area contributed by atoms with E-state index < -0.39 is 5.82 Å². The third kappa shape index (κ3) is 2.93. The van der Waals surface area contributed by atoms with Crippen molar-refractivity contribution in [1.82, 2.24) is 0 Å². The quantitative estimate of drug-likeness (QED) is 0.870. The van der Waals surface area contributed by atoms with Gasteiger partial charge in [-0.3, -0.25) is 4.79 Å². The molecule has 0 N–H and O–H groups in total. The molecule has 3 rings (SSSR count). The van der Waals surface area contributed by atoms with Crippen LogP contribution in [0.15, 0.2) is 42.5 Å². The molecule has 1 heterocycles. The Bertz CT molecular complexity index is 703. The molecule has 5 heteroatoms. The van der Waals surface area contributed by atoms with Gasteiger partial charge < -0.3 is 9.64 Å². The van der Waals surface area contributed by atoms with Gasteiger partial charge in [-0.15, -0.1) is 0 Å². The Labute approximate surface area is 127 Å². The van der Waals surface area contributed by atoms with Crippen molar-refractivity contribution in [3.05, 3.63) is 59.7 Å². The minimum atomic E-state index is -0.503. The molecule has 0 radical (unpaired) electrons. The van der Waals surface area contributed by atoms with Gasteiger partial charge in [-0.2, -0.15) is 0 Å². The van der Waals surface area contributed by atoms with Gasteiger partial charge in [-0.25, -0.2) is 8.78 Å². The van der Waals surface area contributed by atoms with Crippen LogP contribution in [0.25, 0.3) is 0 Å². The number of nitrogens with zero attached hydrogens (tertiary/aromatic N) is 1. The molecule has 3 nitrogen and oxygen atoms in total. The summed E-state index contributed by atoms with van der Waals surface area (Å²) in [5.74, 6) is -1.03. The minimum absolute atomic E-state index is 0.0483. The topological polar surface area (TPSA) is 29.5 Å². The predicted octanol–water partition coefficient (Wildman–Crippen LogP) is 3.32. The Hall–Kier alpha value is -2.43. The van der Waals surface area contributed by atoms with Gasteiger partial charge in [0.15, 0.2) is 18.2 Å². The van der Waals surface area contributed by atoms with Gasteiger partial charge in [0, 0.05) is 12.2 Å². The van der Waals surface area contributed by atoms with Gasteiger partial charge in [-0.1, -0.05) is 12.1 Å². The molecule has 0 atom stereocenters. The summed E-state index contributed by atoms with van der Waals surface area (Å²) in [5.41, 5.74) is 1.51. The Morgan fingerprint density at radius 1 is 1.18 bits per heavy atom. The van der Waals surface area contributed by atoms with E-state index in [2.05, 4.69) is 0 Å². The molecule has 22 heavy (non-hydrogen) atoms. The Kier molecular flexibility index (Phi) is 4.04. The van der Waals surface area contributed by atoms with E-state index in [1.165, 1.54) is 24.3 Å².